The molecule has 1 aliphatic heterocycles. The van der Waals surface area contributed by atoms with E-state index >= 15 is 0 Å². The molecule has 0 aliphatic carbocycles. The summed E-state index contributed by atoms with van der Waals surface area (Å²) in [6.45, 7) is 0. The number of halogens is 2. The summed E-state index contributed by atoms with van der Waals surface area (Å²) in [6, 6.07) is 20.3. The Bertz CT molecular complexity index is 1400. The van der Waals surface area contributed by atoms with Gasteiger partial charge in [-0.1, -0.05) is 41.9 Å². The van der Waals surface area contributed by atoms with Gasteiger partial charge in [-0.3, -0.25) is 4.79 Å². The van der Waals surface area contributed by atoms with Crippen molar-refractivity contribution >= 4 is 34.7 Å². The number of methoxy groups -OCH3 is 1. The predicted octanol–water partition coefficient (Wildman–Crippen LogP) is 5.99. The molecule has 1 atom stereocenters. The maximum atomic E-state index is 14.8. The van der Waals surface area contributed by atoms with E-state index in [1.54, 1.807) is 54.3 Å². The lowest BCUT2D eigenvalue weighted by Gasteiger charge is -2.26. The van der Waals surface area contributed by atoms with Gasteiger partial charge in [-0.05, 0) is 48.5 Å². The zero-order valence-corrected chi connectivity index (χ0v) is 18.9. The Kier molecular flexibility index (Phi) is 5.77. The van der Waals surface area contributed by atoms with Gasteiger partial charge in [0.2, 0.25) is 0 Å². The Labute approximate surface area is 200 Å². The summed E-state index contributed by atoms with van der Waals surface area (Å²) in [6.07, 6.45) is 3.36. The number of nitrogens with zero attached hydrogens (tertiary/aromatic N) is 2. The van der Waals surface area contributed by atoms with Crippen molar-refractivity contribution in [3.05, 3.63) is 113 Å². The standard InChI is InChI=1S/C26H20ClFN4O2/c1-34-19-6-4-5-16(13-19)23-14-24(20-7-2-3-8-22(20)28)32-25(31-23)21(15-29-32)26(33)30-18-11-9-17(27)10-12-18/h2-15,24,31H,1H3,(H,30,33)/t24-/m0/s1. The number of ether oxygens (including phenoxy) is 1. The number of amides is 1. The zero-order chi connectivity index (χ0) is 23.7. The van der Waals surface area contributed by atoms with Crippen LogP contribution in [0.5, 0.6) is 5.75 Å². The summed E-state index contributed by atoms with van der Waals surface area (Å²) < 4.78 is 21.8. The molecule has 0 unspecified atom stereocenters. The van der Waals surface area contributed by atoms with Crippen molar-refractivity contribution < 1.29 is 13.9 Å². The summed E-state index contributed by atoms with van der Waals surface area (Å²) in [4.78, 5) is 13.1. The van der Waals surface area contributed by atoms with Crippen molar-refractivity contribution in [1.82, 2.24) is 9.78 Å². The third-order valence-electron chi connectivity index (χ3n) is 5.59. The third kappa shape index (κ3) is 4.13. The number of hydrogen-bond donors (Lipinski definition) is 2. The van der Waals surface area contributed by atoms with Gasteiger partial charge in [0.1, 0.15) is 29.0 Å². The van der Waals surface area contributed by atoms with Crippen molar-refractivity contribution in [1.29, 1.82) is 0 Å². The monoisotopic (exact) mass is 474 g/mol. The van der Waals surface area contributed by atoms with Crippen LogP contribution in [0.3, 0.4) is 0 Å². The highest BCUT2D eigenvalue weighted by atomic mass is 35.5. The van der Waals surface area contributed by atoms with Crippen molar-refractivity contribution in [3.8, 4) is 5.75 Å². The number of carbonyl (C=O) groups is 1. The Morgan fingerprint density at radius 2 is 1.91 bits per heavy atom. The van der Waals surface area contributed by atoms with E-state index in [0.717, 1.165) is 5.56 Å². The maximum Gasteiger partial charge on any atom is 0.261 e. The first kappa shape index (κ1) is 21.7. The highest BCUT2D eigenvalue weighted by Crippen LogP contribution is 2.36. The minimum absolute atomic E-state index is 0.324. The fourth-order valence-electron chi connectivity index (χ4n) is 3.89. The number of hydrogen-bond acceptors (Lipinski definition) is 4. The molecule has 0 bridgehead atoms. The van der Waals surface area contributed by atoms with Crippen LogP contribution in [0.15, 0.2) is 85.1 Å². The SMILES string of the molecule is COc1cccc(C2=C[C@@H](c3ccccc3F)n3ncc(C(=O)Nc4ccc(Cl)cc4)c3N2)c1. The molecule has 1 aromatic heterocycles. The van der Waals surface area contributed by atoms with E-state index in [2.05, 4.69) is 15.7 Å². The summed E-state index contributed by atoms with van der Waals surface area (Å²) in [5.74, 6) is 0.432. The second-order valence-electron chi connectivity index (χ2n) is 7.72. The molecule has 0 radical (unpaired) electrons. The Balaban J connectivity index is 1.57. The summed E-state index contributed by atoms with van der Waals surface area (Å²) >= 11 is 5.94. The van der Waals surface area contributed by atoms with Crippen LogP contribution in [0.25, 0.3) is 5.70 Å². The molecule has 0 spiro atoms. The fraction of sp³-hybridized carbons (Fsp3) is 0.0769. The average molecular weight is 475 g/mol. The lowest BCUT2D eigenvalue weighted by molar-refractivity contribution is 0.102. The minimum atomic E-state index is -0.560. The van der Waals surface area contributed by atoms with E-state index in [4.69, 9.17) is 16.3 Å². The highest BCUT2D eigenvalue weighted by molar-refractivity contribution is 6.30. The van der Waals surface area contributed by atoms with Crippen molar-refractivity contribution in [2.75, 3.05) is 17.7 Å². The van der Waals surface area contributed by atoms with Gasteiger partial charge in [0.25, 0.3) is 5.91 Å². The van der Waals surface area contributed by atoms with Crippen LogP contribution in [0.1, 0.15) is 27.5 Å². The molecule has 1 amide bonds. The summed E-state index contributed by atoms with van der Waals surface area (Å²) in [5.41, 5.74) is 2.90. The summed E-state index contributed by atoms with van der Waals surface area (Å²) in [7, 11) is 1.60. The average Bonchev–Trinajstić information content (AvgIpc) is 3.29. The van der Waals surface area contributed by atoms with Crippen LogP contribution in [-0.2, 0) is 0 Å². The van der Waals surface area contributed by atoms with Gasteiger partial charge < -0.3 is 15.4 Å². The topological polar surface area (TPSA) is 68.2 Å². The van der Waals surface area contributed by atoms with E-state index < -0.39 is 6.04 Å². The van der Waals surface area contributed by atoms with Gasteiger partial charge >= 0.3 is 0 Å². The molecule has 3 aromatic carbocycles. The second-order valence-corrected chi connectivity index (χ2v) is 8.15. The number of fused-ring (bicyclic) bond motifs is 1. The molecule has 8 heteroatoms. The smallest absolute Gasteiger partial charge is 0.261 e. The molecule has 2 heterocycles. The zero-order valence-electron chi connectivity index (χ0n) is 18.1. The third-order valence-corrected chi connectivity index (χ3v) is 5.84. The van der Waals surface area contributed by atoms with Gasteiger partial charge in [0.15, 0.2) is 0 Å². The van der Waals surface area contributed by atoms with Gasteiger partial charge in [-0.2, -0.15) is 5.10 Å². The first-order valence-electron chi connectivity index (χ1n) is 10.6. The molecule has 1 aliphatic rings. The molecular formula is C26H20ClFN4O2. The van der Waals surface area contributed by atoms with E-state index in [0.29, 0.717) is 39.1 Å². The Morgan fingerprint density at radius 3 is 2.68 bits per heavy atom. The van der Waals surface area contributed by atoms with E-state index in [1.807, 2.05) is 30.3 Å². The van der Waals surface area contributed by atoms with Crippen molar-refractivity contribution in [3.63, 3.8) is 0 Å². The molecule has 0 saturated heterocycles. The highest BCUT2D eigenvalue weighted by Gasteiger charge is 2.29. The fourth-order valence-corrected chi connectivity index (χ4v) is 4.01. The number of benzene rings is 3. The Hall–Kier alpha value is -4.10. The van der Waals surface area contributed by atoms with Crippen LogP contribution in [0, 0.1) is 5.82 Å². The number of nitrogens with one attached hydrogen (secondary N) is 2. The molecule has 5 rings (SSSR count). The van der Waals surface area contributed by atoms with Gasteiger partial charge in [-0.15, -0.1) is 0 Å². The largest absolute Gasteiger partial charge is 0.497 e. The lowest BCUT2D eigenvalue weighted by atomic mass is 10.0. The Morgan fingerprint density at radius 1 is 1.12 bits per heavy atom. The van der Waals surface area contributed by atoms with Crippen molar-refractivity contribution in [2.45, 2.75) is 6.04 Å². The molecular weight excluding hydrogens is 455 g/mol. The first-order chi connectivity index (χ1) is 16.5. The van der Waals surface area contributed by atoms with Crippen molar-refractivity contribution in [2.24, 2.45) is 0 Å². The van der Waals surface area contributed by atoms with Crippen LogP contribution in [0.4, 0.5) is 15.9 Å². The van der Waals surface area contributed by atoms with Crippen LogP contribution in [-0.4, -0.2) is 22.8 Å². The lowest BCUT2D eigenvalue weighted by Crippen LogP contribution is -2.22. The molecule has 2 N–H and O–H groups in total. The number of anilines is 2. The van der Waals surface area contributed by atoms with Gasteiger partial charge in [0, 0.05) is 27.5 Å². The molecule has 170 valence electrons. The second kappa shape index (κ2) is 9.03. The molecule has 6 nitrogen and oxygen atoms in total. The van der Waals surface area contributed by atoms with Gasteiger partial charge in [0.05, 0.1) is 13.3 Å². The van der Waals surface area contributed by atoms with Crippen LogP contribution >= 0.6 is 11.6 Å². The number of allylic oxidation sites excluding steroid dienone is 1. The van der Waals surface area contributed by atoms with Crippen LogP contribution < -0.4 is 15.4 Å². The van der Waals surface area contributed by atoms with E-state index in [-0.39, 0.29) is 11.7 Å². The quantitative estimate of drug-likeness (QED) is 0.372. The predicted molar refractivity (Wildman–Crippen MR) is 131 cm³/mol. The number of aromatic nitrogens is 2. The summed E-state index contributed by atoms with van der Waals surface area (Å²) in [5, 5.41) is 11.2. The van der Waals surface area contributed by atoms with Crippen LogP contribution in [0.2, 0.25) is 5.02 Å². The minimum Gasteiger partial charge on any atom is -0.497 e. The number of rotatable bonds is 5. The normalized spacial score (nSPS) is 14.6. The maximum absolute atomic E-state index is 14.8. The molecule has 4 aromatic rings. The molecule has 0 fully saturated rings. The van der Waals surface area contributed by atoms with E-state index in [1.165, 1.54) is 12.3 Å². The molecule has 0 saturated carbocycles. The van der Waals surface area contributed by atoms with Gasteiger partial charge in [-0.25, -0.2) is 9.07 Å². The van der Waals surface area contributed by atoms with E-state index in [9.17, 15) is 9.18 Å². The number of carbonyl (C=O) groups excluding carboxylic acids is 1. The molecule has 34 heavy (non-hydrogen) atoms. The first-order valence-corrected chi connectivity index (χ1v) is 10.9.